The number of aryl methyl sites for hydroxylation is 1. The fourth-order valence-electron chi connectivity index (χ4n) is 2.91. The Bertz CT molecular complexity index is 972. The average molecular weight is 365 g/mol. The van der Waals surface area contributed by atoms with E-state index in [9.17, 15) is 9.90 Å². The van der Waals surface area contributed by atoms with Gasteiger partial charge in [0.2, 0.25) is 0 Å². The summed E-state index contributed by atoms with van der Waals surface area (Å²) in [5.41, 5.74) is 8.80. The summed E-state index contributed by atoms with van der Waals surface area (Å²) >= 11 is 0. The summed E-state index contributed by atoms with van der Waals surface area (Å²) in [6.07, 6.45) is 0.697. The lowest BCUT2D eigenvalue weighted by molar-refractivity contribution is 0.0920. The van der Waals surface area contributed by atoms with E-state index in [2.05, 4.69) is 10.3 Å². The van der Waals surface area contributed by atoms with Gasteiger partial charge in [0, 0.05) is 16.9 Å². The summed E-state index contributed by atoms with van der Waals surface area (Å²) in [4.78, 5) is 16.9. The van der Waals surface area contributed by atoms with E-state index in [4.69, 9.17) is 10.5 Å². The van der Waals surface area contributed by atoms with Crippen molar-refractivity contribution in [1.82, 2.24) is 10.3 Å². The number of nitrogen functional groups attached to an aromatic ring is 1. The third kappa shape index (κ3) is 4.28. The number of fused-ring (bicyclic) bond motifs is 1. The molecule has 0 bridgehead atoms. The fraction of sp³-hybridized carbons (Fsp3) is 0.238. The third-order valence-electron chi connectivity index (χ3n) is 4.33. The van der Waals surface area contributed by atoms with E-state index in [1.807, 2.05) is 38.1 Å². The SMILES string of the molecule is CCC(COc1cccc2nc(C)cc(N)c12)NC(=O)c1cccc(O)c1. The van der Waals surface area contributed by atoms with Gasteiger partial charge in [0.15, 0.2) is 0 Å². The summed E-state index contributed by atoms with van der Waals surface area (Å²) in [6, 6.07) is 13.5. The van der Waals surface area contributed by atoms with Crippen molar-refractivity contribution in [2.45, 2.75) is 26.3 Å². The Morgan fingerprint density at radius 3 is 2.78 bits per heavy atom. The number of rotatable bonds is 6. The normalized spacial score (nSPS) is 11.9. The number of phenols is 1. The Morgan fingerprint density at radius 2 is 2.04 bits per heavy atom. The summed E-state index contributed by atoms with van der Waals surface area (Å²) in [5.74, 6) is 0.444. The molecule has 1 aromatic heterocycles. The number of anilines is 1. The zero-order chi connectivity index (χ0) is 19.4. The number of nitrogens with two attached hydrogens (primary N) is 1. The number of hydrogen-bond acceptors (Lipinski definition) is 5. The minimum Gasteiger partial charge on any atom is -0.508 e. The van der Waals surface area contributed by atoms with E-state index in [1.165, 1.54) is 12.1 Å². The molecule has 1 atom stereocenters. The van der Waals surface area contributed by atoms with Crippen LogP contribution in [-0.2, 0) is 0 Å². The lowest BCUT2D eigenvalue weighted by Gasteiger charge is -2.19. The van der Waals surface area contributed by atoms with Crippen LogP contribution in [0.4, 0.5) is 5.69 Å². The predicted octanol–water partition coefficient (Wildman–Crippen LogP) is 3.42. The van der Waals surface area contributed by atoms with Gasteiger partial charge in [-0.25, -0.2) is 0 Å². The lowest BCUT2D eigenvalue weighted by atomic mass is 10.1. The molecular weight excluding hydrogens is 342 g/mol. The van der Waals surface area contributed by atoms with Gasteiger partial charge in [0.05, 0.1) is 16.9 Å². The number of carbonyl (C=O) groups is 1. The summed E-state index contributed by atoms with van der Waals surface area (Å²) < 4.78 is 5.97. The largest absolute Gasteiger partial charge is 0.508 e. The highest BCUT2D eigenvalue weighted by Crippen LogP contribution is 2.30. The van der Waals surface area contributed by atoms with E-state index >= 15 is 0 Å². The van der Waals surface area contributed by atoms with E-state index in [1.54, 1.807) is 12.1 Å². The molecule has 1 heterocycles. The maximum Gasteiger partial charge on any atom is 0.251 e. The number of ether oxygens (including phenoxy) is 1. The smallest absolute Gasteiger partial charge is 0.251 e. The number of nitrogens with zero attached hydrogens (tertiary/aromatic N) is 1. The Morgan fingerprint density at radius 1 is 1.26 bits per heavy atom. The number of hydrogen-bond donors (Lipinski definition) is 3. The molecule has 0 fully saturated rings. The number of aromatic hydroxyl groups is 1. The van der Waals surface area contributed by atoms with Crippen molar-refractivity contribution >= 4 is 22.5 Å². The van der Waals surface area contributed by atoms with Crippen molar-refractivity contribution in [1.29, 1.82) is 0 Å². The molecule has 2 aromatic carbocycles. The standard InChI is InChI=1S/C21H23N3O3/c1-3-15(24-21(26)14-6-4-7-16(25)11-14)12-27-19-9-5-8-18-20(19)17(22)10-13(2)23-18/h4-11,15,25H,3,12H2,1-2H3,(H2,22,23)(H,24,26). The van der Waals surface area contributed by atoms with Crippen LogP contribution in [0.3, 0.4) is 0 Å². The number of amides is 1. The van der Waals surface area contributed by atoms with Crippen molar-refractivity contribution < 1.29 is 14.6 Å². The predicted molar refractivity (Wildman–Crippen MR) is 106 cm³/mol. The van der Waals surface area contributed by atoms with Crippen LogP contribution in [0.15, 0.2) is 48.5 Å². The molecule has 0 aliphatic rings. The maximum atomic E-state index is 12.4. The van der Waals surface area contributed by atoms with E-state index in [-0.39, 0.29) is 17.7 Å². The Kier molecular flexibility index (Phi) is 5.45. The van der Waals surface area contributed by atoms with Crippen LogP contribution >= 0.6 is 0 Å². The van der Waals surface area contributed by atoms with Crippen LogP contribution in [0, 0.1) is 6.92 Å². The molecule has 1 unspecified atom stereocenters. The number of benzene rings is 2. The molecular formula is C21H23N3O3. The van der Waals surface area contributed by atoms with Gasteiger partial charge >= 0.3 is 0 Å². The van der Waals surface area contributed by atoms with Crippen LogP contribution in [-0.4, -0.2) is 28.6 Å². The van der Waals surface area contributed by atoms with Crippen molar-refractivity contribution in [2.75, 3.05) is 12.3 Å². The Hall–Kier alpha value is -3.28. The average Bonchev–Trinajstić information content (AvgIpc) is 2.64. The van der Waals surface area contributed by atoms with Gasteiger partial charge in [-0.3, -0.25) is 9.78 Å². The van der Waals surface area contributed by atoms with Gasteiger partial charge in [-0.05, 0) is 49.7 Å². The first-order valence-corrected chi connectivity index (χ1v) is 8.86. The first kappa shape index (κ1) is 18.5. The molecule has 140 valence electrons. The topological polar surface area (TPSA) is 97.5 Å². The molecule has 3 aromatic rings. The second-order valence-electron chi connectivity index (χ2n) is 6.44. The number of aromatic nitrogens is 1. The minimum absolute atomic E-state index is 0.0565. The molecule has 0 saturated heterocycles. The molecule has 0 spiro atoms. The van der Waals surface area contributed by atoms with Crippen LogP contribution < -0.4 is 15.8 Å². The molecule has 0 aliphatic carbocycles. The molecule has 4 N–H and O–H groups in total. The molecule has 1 amide bonds. The number of carbonyl (C=O) groups excluding carboxylic acids is 1. The molecule has 0 aliphatic heterocycles. The highest BCUT2D eigenvalue weighted by atomic mass is 16.5. The Balaban J connectivity index is 1.73. The zero-order valence-corrected chi connectivity index (χ0v) is 15.4. The number of nitrogens with one attached hydrogen (secondary N) is 1. The van der Waals surface area contributed by atoms with Gasteiger partial charge in [-0.2, -0.15) is 0 Å². The maximum absolute atomic E-state index is 12.4. The summed E-state index contributed by atoms with van der Waals surface area (Å²) in [5, 5.41) is 13.2. The van der Waals surface area contributed by atoms with Crippen molar-refractivity contribution in [2.24, 2.45) is 0 Å². The molecule has 0 saturated carbocycles. The van der Waals surface area contributed by atoms with Gasteiger partial charge in [-0.15, -0.1) is 0 Å². The molecule has 6 nitrogen and oxygen atoms in total. The van der Waals surface area contributed by atoms with Crippen molar-refractivity contribution in [3.8, 4) is 11.5 Å². The fourth-order valence-corrected chi connectivity index (χ4v) is 2.91. The zero-order valence-electron chi connectivity index (χ0n) is 15.4. The van der Waals surface area contributed by atoms with Gasteiger partial charge in [0.1, 0.15) is 18.1 Å². The molecule has 6 heteroatoms. The Labute approximate surface area is 158 Å². The third-order valence-corrected chi connectivity index (χ3v) is 4.33. The first-order chi connectivity index (χ1) is 13.0. The second-order valence-corrected chi connectivity index (χ2v) is 6.44. The van der Waals surface area contributed by atoms with Gasteiger partial charge in [-0.1, -0.05) is 19.1 Å². The minimum atomic E-state index is -0.254. The van der Waals surface area contributed by atoms with Crippen LogP contribution in [0.5, 0.6) is 11.5 Å². The lowest BCUT2D eigenvalue weighted by Crippen LogP contribution is -2.38. The van der Waals surface area contributed by atoms with Crippen LogP contribution in [0.25, 0.3) is 10.9 Å². The first-order valence-electron chi connectivity index (χ1n) is 8.86. The van der Waals surface area contributed by atoms with Gasteiger partial charge < -0.3 is 20.9 Å². The summed E-state index contributed by atoms with van der Waals surface area (Å²) in [7, 11) is 0. The van der Waals surface area contributed by atoms with E-state index in [0.717, 1.165) is 16.6 Å². The molecule has 27 heavy (non-hydrogen) atoms. The highest BCUT2D eigenvalue weighted by Gasteiger charge is 2.15. The van der Waals surface area contributed by atoms with Crippen molar-refractivity contribution in [3.63, 3.8) is 0 Å². The number of pyridine rings is 1. The second kappa shape index (κ2) is 7.95. The molecule has 3 rings (SSSR count). The van der Waals surface area contributed by atoms with Crippen molar-refractivity contribution in [3.05, 3.63) is 59.8 Å². The number of phenolic OH excluding ortho intramolecular Hbond substituents is 1. The van der Waals surface area contributed by atoms with E-state index < -0.39 is 0 Å². The highest BCUT2D eigenvalue weighted by molar-refractivity contribution is 5.96. The monoisotopic (exact) mass is 365 g/mol. The van der Waals surface area contributed by atoms with E-state index in [0.29, 0.717) is 30.0 Å². The van der Waals surface area contributed by atoms with Gasteiger partial charge in [0.25, 0.3) is 5.91 Å². The summed E-state index contributed by atoms with van der Waals surface area (Å²) in [6.45, 7) is 4.17. The van der Waals surface area contributed by atoms with Crippen LogP contribution in [0.1, 0.15) is 29.4 Å². The van der Waals surface area contributed by atoms with Crippen LogP contribution in [0.2, 0.25) is 0 Å². The quantitative estimate of drug-likeness (QED) is 0.622. The molecule has 0 radical (unpaired) electrons.